The minimum absolute atomic E-state index is 0.0854. The van der Waals surface area contributed by atoms with Gasteiger partial charge in [0.15, 0.2) is 0 Å². The van der Waals surface area contributed by atoms with E-state index in [-0.39, 0.29) is 22.7 Å². The molecule has 0 aliphatic rings. The molecule has 4 nitrogen and oxygen atoms in total. The molecular formula is C24H23F3N2O2. The van der Waals surface area contributed by atoms with E-state index in [1.54, 1.807) is 60.7 Å². The maximum atomic E-state index is 13.7. The maximum Gasteiger partial charge on any atom is 0.490 e. The molecule has 0 fully saturated rings. The fourth-order valence-corrected chi connectivity index (χ4v) is 2.74. The molecule has 0 heterocycles. The van der Waals surface area contributed by atoms with Crippen molar-refractivity contribution in [2.75, 3.05) is 6.54 Å². The SMILES string of the molecule is CCCCC(=C=C(CN(C(=O)OCc1ccccc1)C(F)(F)F)c1ccccc1)C#N. The summed E-state index contributed by atoms with van der Waals surface area (Å²) in [5.74, 6) is 0. The first-order chi connectivity index (χ1) is 14.8. The summed E-state index contributed by atoms with van der Waals surface area (Å²) >= 11 is 0. The molecule has 31 heavy (non-hydrogen) atoms. The second kappa shape index (κ2) is 11.6. The van der Waals surface area contributed by atoms with Gasteiger partial charge in [0, 0.05) is 5.57 Å². The molecule has 0 aliphatic carbocycles. The van der Waals surface area contributed by atoms with Crippen LogP contribution in [0, 0.1) is 11.3 Å². The Morgan fingerprint density at radius 1 is 1.06 bits per heavy atom. The lowest BCUT2D eigenvalue weighted by Crippen LogP contribution is -2.44. The molecule has 0 aliphatic heterocycles. The standard InChI is InChI=1S/C24H23F3N2O2/c1-2-3-10-20(16-28)15-22(21-13-8-5-9-14-21)17-29(24(25,26)27)23(30)31-18-19-11-6-4-7-12-19/h4-9,11-14H,2-3,10,17-18H2,1H3. The van der Waals surface area contributed by atoms with Crippen LogP contribution in [0.4, 0.5) is 18.0 Å². The topological polar surface area (TPSA) is 53.3 Å². The maximum absolute atomic E-state index is 13.7. The first kappa shape index (κ1) is 23.8. The summed E-state index contributed by atoms with van der Waals surface area (Å²) in [6.45, 7) is 0.843. The van der Waals surface area contributed by atoms with Gasteiger partial charge in [-0.3, -0.25) is 0 Å². The number of ether oxygens (including phenoxy) is 1. The van der Waals surface area contributed by atoms with Crippen LogP contribution in [0.1, 0.15) is 37.3 Å². The van der Waals surface area contributed by atoms with E-state index in [0.717, 1.165) is 6.42 Å². The normalized spacial score (nSPS) is 10.5. The Balaban J connectivity index is 2.36. The molecule has 0 atom stereocenters. The molecule has 0 bridgehead atoms. The summed E-state index contributed by atoms with van der Waals surface area (Å²) in [4.78, 5) is 12.0. The predicted molar refractivity (Wildman–Crippen MR) is 111 cm³/mol. The van der Waals surface area contributed by atoms with Crippen molar-refractivity contribution in [1.29, 1.82) is 5.26 Å². The van der Waals surface area contributed by atoms with E-state index < -0.39 is 18.9 Å². The van der Waals surface area contributed by atoms with Gasteiger partial charge in [-0.15, -0.1) is 13.2 Å². The third-order valence-electron chi connectivity index (χ3n) is 4.39. The molecule has 2 aromatic carbocycles. The fraction of sp³-hybridized carbons (Fsp3) is 0.292. The Morgan fingerprint density at radius 3 is 2.23 bits per heavy atom. The van der Waals surface area contributed by atoms with Gasteiger partial charge in [0.1, 0.15) is 12.7 Å². The van der Waals surface area contributed by atoms with Crippen LogP contribution in [0.15, 0.2) is 72.0 Å². The number of hydrogen-bond donors (Lipinski definition) is 0. The highest BCUT2D eigenvalue weighted by atomic mass is 19.4. The van der Waals surface area contributed by atoms with E-state index in [1.165, 1.54) is 0 Å². The van der Waals surface area contributed by atoms with Crippen molar-refractivity contribution in [2.45, 2.75) is 39.1 Å². The van der Waals surface area contributed by atoms with Crippen molar-refractivity contribution in [2.24, 2.45) is 0 Å². The molecule has 7 heteroatoms. The zero-order valence-electron chi connectivity index (χ0n) is 17.2. The Morgan fingerprint density at radius 2 is 1.68 bits per heavy atom. The Bertz CT molecular complexity index is 958. The number of alkyl halides is 3. The molecule has 0 aromatic heterocycles. The molecule has 0 N–H and O–H groups in total. The van der Waals surface area contributed by atoms with Gasteiger partial charge in [0.2, 0.25) is 0 Å². The number of hydrogen-bond acceptors (Lipinski definition) is 3. The van der Waals surface area contributed by atoms with E-state index in [9.17, 15) is 23.2 Å². The Labute approximate surface area is 179 Å². The molecule has 1 amide bonds. The largest absolute Gasteiger partial charge is 0.490 e. The molecule has 0 radical (unpaired) electrons. The Hall–Kier alpha value is -3.49. The lowest BCUT2D eigenvalue weighted by atomic mass is 10.0. The Kier molecular flexibility index (Phi) is 8.93. The van der Waals surface area contributed by atoms with Crippen LogP contribution < -0.4 is 0 Å². The highest BCUT2D eigenvalue weighted by molar-refractivity contribution is 5.74. The van der Waals surface area contributed by atoms with Crippen molar-refractivity contribution in [3.63, 3.8) is 0 Å². The molecule has 162 valence electrons. The summed E-state index contributed by atoms with van der Waals surface area (Å²) in [6.07, 6.45) is -4.55. The van der Waals surface area contributed by atoms with Crippen LogP contribution in [-0.4, -0.2) is 23.8 Å². The molecule has 0 saturated heterocycles. The smallest absolute Gasteiger partial charge is 0.444 e. The van der Waals surface area contributed by atoms with Gasteiger partial charge in [0.25, 0.3) is 0 Å². The van der Waals surface area contributed by atoms with Crippen molar-refractivity contribution in [3.8, 4) is 6.07 Å². The van der Waals surface area contributed by atoms with Crippen LogP contribution in [0.25, 0.3) is 5.57 Å². The zero-order chi connectivity index (χ0) is 22.7. The van der Waals surface area contributed by atoms with Gasteiger partial charge in [-0.2, -0.15) is 5.26 Å². The van der Waals surface area contributed by atoms with Crippen molar-refractivity contribution in [1.82, 2.24) is 4.90 Å². The monoisotopic (exact) mass is 428 g/mol. The van der Waals surface area contributed by atoms with Crippen LogP contribution in [0.5, 0.6) is 0 Å². The lowest BCUT2D eigenvalue weighted by Gasteiger charge is -2.25. The number of carbonyl (C=O) groups is 1. The average molecular weight is 428 g/mol. The molecule has 0 unspecified atom stereocenters. The number of unbranched alkanes of at least 4 members (excludes halogenated alkanes) is 1. The van der Waals surface area contributed by atoms with E-state index >= 15 is 0 Å². The van der Waals surface area contributed by atoms with Gasteiger partial charge >= 0.3 is 12.4 Å². The van der Waals surface area contributed by atoms with Crippen LogP contribution in [-0.2, 0) is 11.3 Å². The van der Waals surface area contributed by atoms with Crippen molar-refractivity contribution >= 4 is 11.7 Å². The predicted octanol–water partition coefficient (Wildman–Crippen LogP) is 6.47. The molecule has 0 spiro atoms. The number of halogens is 3. The van der Waals surface area contributed by atoms with Crippen molar-refractivity contribution < 1.29 is 22.7 Å². The third kappa shape index (κ3) is 7.69. The lowest BCUT2D eigenvalue weighted by molar-refractivity contribution is -0.226. The summed E-state index contributed by atoms with van der Waals surface area (Å²) < 4.78 is 46.0. The number of rotatable bonds is 8. The first-order valence-corrected chi connectivity index (χ1v) is 9.84. The zero-order valence-corrected chi connectivity index (χ0v) is 17.2. The average Bonchev–Trinajstić information content (AvgIpc) is 2.77. The molecule has 2 aromatic rings. The third-order valence-corrected chi connectivity index (χ3v) is 4.39. The summed E-state index contributed by atoms with van der Waals surface area (Å²) in [5.41, 5.74) is 4.14. The minimum atomic E-state index is -4.97. The number of carbonyl (C=O) groups excluding carboxylic acids is 1. The highest BCUT2D eigenvalue weighted by Crippen LogP contribution is 2.27. The second-order valence-corrected chi connectivity index (χ2v) is 6.76. The van der Waals surface area contributed by atoms with Crippen molar-refractivity contribution in [3.05, 3.63) is 83.1 Å². The summed E-state index contributed by atoms with van der Waals surface area (Å²) in [6, 6.07) is 18.7. The number of nitriles is 1. The summed E-state index contributed by atoms with van der Waals surface area (Å²) in [7, 11) is 0. The van der Waals surface area contributed by atoms with E-state index in [4.69, 9.17) is 4.74 Å². The molecule has 2 rings (SSSR count). The van der Waals surface area contributed by atoms with Crippen LogP contribution >= 0.6 is 0 Å². The minimum Gasteiger partial charge on any atom is -0.444 e. The second-order valence-electron chi connectivity index (χ2n) is 6.76. The molecule has 0 saturated carbocycles. The summed E-state index contributed by atoms with van der Waals surface area (Å²) in [5, 5.41) is 9.37. The number of amides is 1. The number of benzene rings is 2. The quantitative estimate of drug-likeness (QED) is 0.275. The number of nitrogens with zero attached hydrogens (tertiary/aromatic N) is 2. The van der Waals surface area contributed by atoms with Gasteiger partial charge in [-0.1, -0.05) is 79.7 Å². The van der Waals surface area contributed by atoms with Crippen LogP contribution in [0.2, 0.25) is 0 Å². The van der Waals surface area contributed by atoms with Gasteiger partial charge in [0.05, 0.1) is 12.1 Å². The van der Waals surface area contributed by atoms with Gasteiger partial charge < -0.3 is 4.74 Å². The fourth-order valence-electron chi connectivity index (χ4n) is 2.74. The first-order valence-electron chi connectivity index (χ1n) is 9.84. The highest BCUT2D eigenvalue weighted by Gasteiger charge is 2.42. The van der Waals surface area contributed by atoms with Crippen LogP contribution in [0.3, 0.4) is 0 Å². The molecular weight excluding hydrogens is 405 g/mol. The van der Waals surface area contributed by atoms with E-state index in [1.807, 2.05) is 13.0 Å². The van der Waals surface area contributed by atoms with E-state index in [0.29, 0.717) is 24.0 Å². The van der Waals surface area contributed by atoms with E-state index in [2.05, 4.69) is 5.73 Å². The van der Waals surface area contributed by atoms with Gasteiger partial charge in [-0.05, 0) is 24.0 Å². The van der Waals surface area contributed by atoms with Gasteiger partial charge in [-0.25, -0.2) is 9.69 Å².